The van der Waals surface area contributed by atoms with Crippen molar-refractivity contribution < 1.29 is 13.6 Å². The van der Waals surface area contributed by atoms with E-state index in [1.807, 2.05) is 13.1 Å². The Kier molecular flexibility index (Phi) is 6.11. The number of carbonyl (C=O) groups is 1. The molecule has 0 bridgehead atoms. The molecule has 1 aromatic heterocycles. The molecular weight excluding hydrogens is 386 g/mol. The fraction of sp³-hybridized carbons (Fsp3) is 0.300. The van der Waals surface area contributed by atoms with E-state index in [0.717, 1.165) is 23.0 Å². The summed E-state index contributed by atoms with van der Waals surface area (Å²) in [6, 6.07) is 6.57. The number of halogens is 3. The number of nitrogens with zero attached hydrogens (tertiary/aromatic N) is 2. The molecule has 3 aromatic rings. The van der Waals surface area contributed by atoms with E-state index in [2.05, 4.69) is 10.4 Å². The van der Waals surface area contributed by atoms with Gasteiger partial charge in [0.25, 0.3) is 0 Å². The Morgan fingerprint density at radius 2 is 1.79 bits per heavy atom. The Balaban J connectivity index is 0.00000280. The normalized spacial score (nSPS) is 12.5. The summed E-state index contributed by atoms with van der Waals surface area (Å²) >= 11 is 0. The molecule has 5 nitrogen and oxygen atoms in total. The van der Waals surface area contributed by atoms with Crippen LogP contribution in [0.5, 0.6) is 0 Å². The van der Waals surface area contributed by atoms with Crippen LogP contribution in [0.4, 0.5) is 14.5 Å². The second kappa shape index (κ2) is 7.85. The van der Waals surface area contributed by atoms with Gasteiger partial charge in [0.2, 0.25) is 5.91 Å². The number of nitrogens with one attached hydrogen (secondary N) is 1. The van der Waals surface area contributed by atoms with Gasteiger partial charge in [0.05, 0.1) is 11.7 Å². The molecule has 0 saturated heterocycles. The minimum atomic E-state index is -0.983. The van der Waals surface area contributed by atoms with Crippen molar-refractivity contribution in [2.75, 3.05) is 5.32 Å². The van der Waals surface area contributed by atoms with E-state index < -0.39 is 29.0 Å². The van der Waals surface area contributed by atoms with Crippen LogP contribution in [0.25, 0.3) is 10.9 Å². The number of anilines is 1. The van der Waals surface area contributed by atoms with E-state index in [9.17, 15) is 13.6 Å². The Morgan fingerprint density at radius 3 is 2.36 bits per heavy atom. The van der Waals surface area contributed by atoms with Gasteiger partial charge in [-0.3, -0.25) is 9.48 Å². The first kappa shape index (κ1) is 21.8. The van der Waals surface area contributed by atoms with Gasteiger partial charge in [0.15, 0.2) is 0 Å². The minimum absolute atomic E-state index is 0. The summed E-state index contributed by atoms with van der Waals surface area (Å²) in [5.74, 6) is -1.97. The molecule has 0 aliphatic carbocycles. The van der Waals surface area contributed by atoms with Crippen molar-refractivity contribution in [2.24, 2.45) is 12.8 Å². The molecule has 0 radical (unpaired) electrons. The number of amides is 1. The Morgan fingerprint density at radius 1 is 1.18 bits per heavy atom. The summed E-state index contributed by atoms with van der Waals surface area (Å²) in [4.78, 5) is 12.5. The summed E-state index contributed by atoms with van der Waals surface area (Å²) in [5.41, 5.74) is 6.85. The maximum absolute atomic E-state index is 14.3. The largest absolute Gasteiger partial charge is 0.324 e. The van der Waals surface area contributed by atoms with Gasteiger partial charge >= 0.3 is 0 Å². The number of aryl methyl sites for hydroxylation is 1. The van der Waals surface area contributed by atoms with Gasteiger partial charge in [-0.25, -0.2) is 8.78 Å². The third-order valence-corrected chi connectivity index (χ3v) is 4.47. The number of benzene rings is 2. The average molecular weight is 409 g/mol. The fourth-order valence-corrected chi connectivity index (χ4v) is 3.11. The predicted molar refractivity (Wildman–Crippen MR) is 109 cm³/mol. The van der Waals surface area contributed by atoms with E-state index >= 15 is 0 Å². The monoisotopic (exact) mass is 408 g/mol. The SMILES string of the molecule is Cl.Cn1ncc2cc([C@@H](N)C(=O)Nc3cc(F)c(C(C)(C)C)c(F)c3)ccc21. The van der Waals surface area contributed by atoms with Crippen molar-refractivity contribution in [3.8, 4) is 0 Å². The minimum Gasteiger partial charge on any atom is -0.324 e. The molecule has 150 valence electrons. The first-order valence-corrected chi connectivity index (χ1v) is 8.55. The number of aromatic nitrogens is 2. The molecule has 1 heterocycles. The molecule has 2 aromatic carbocycles. The highest BCUT2D eigenvalue weighted by atomic mass is 35.5. The molecule has 1 atom stereocenters. The van der Waals surface area contributed by atoms with Crippen LogP contribution >= 0.6 is 12.4 Å². The third kappa shape index (κ3) is 4.15. The summed E-state index contributed by atoms with van der Waals surface area (Å²) in [6.45, 7) is 5.16. The molecule has 3 N–H and O–H groups in total. The Hall–Kier alpha value is -2.51. The topological polar surface area (TPSA) is 72.9 Å². The van der Waals surface area contributed by atoms with E-state index in [1.54, 1.807) is 43.8 Å². The number of fused-ring (bicyclic) bond motifs is 1. The number of carbonyl (C=O) groups excluding carboxylic acids is 1. The van der Waals surface area contributed by atoms with Crippen molar-refractivity contribution in [2.45, 2.75) is 32.2 Å². The second-order valence-corrected chi connectivity index (χ2v) is 7.62. The summed E-state index contributed by atoms with van der Waals surface area (Å²) in [5, 5.41) is 7.49. The van der Waals surface area contributed by atoms with Gasteiger partial charge in [-0.1, -0.05) is 26.8 Å². The zero-order chi connectivity index (χ0) is 19.9. The summed E-state index contributed by atoms with van der Waals surface area (Å²) in [7, 11) is 1.82. The molecule has 0 saturated carbocycles. The first-order chi connectivity index (χ1) is 12.6. The molecule has 0 spiro atoms. The van der Waals surface area contributed by atoms with Gasteiger partial charge in [-0.05, 0) is 35.2 Å². The highest BCUT2D eigenvalue weighted by molar-refractivity contribution is 5.96. The smallest absolute Gasteiger partial charge is 0.245 e. The highest BCUT2D eigenvalue weighted by Gasteiger charge is 2.25. The number of rotatable bonds is 3. The lowest BCUT2D eigenvalue weighted by molar-refractivity contribution is -0.117. The number of hydrogen-bond donors (Lipinski definition) is 2. The quantitative estimate of drug-likeness (QED) is 0.681. The molecule has 0 fully saturated rings. The standard InChI is InChI=1S/C20H22F2N4O.ClH/c1-20(2,3)17-14(21)8-13(9-15(17)22)25-19(27)18(23)11-5-6-16-12(7-11)10-24-26(16)4;/h5-10,18H,23H2,1-4H3,(H,25,27);1H/t18-;/m1./s1. The van der Waals surface area contributed by atoms with E-state index in [4.69, 9.17) is 5.73 Å². The van der Waals surface area contributed by atoms with Crippen LogP contribution in [-0.4, -0.2) is 15.7 Å². The van der Waals surface area contributed by atoms with E-state index in [1.165, 1.54) is 0 Å². The van der Waals surface area contributed by atoms with Crippen molar-refractivity contribution in [3.05, 3.63) is 59.3 Å². The lowest BCUT2D eigenvalue weighted by Gasteiger charge is -2.21. The number of nitrogens with two attached hydrogens (primary N) is 1. The van der Waals surface area contributed by atoms with Crippen molar-refractivity contribution in [3.63, 3.8) is 0 Å². The summed E-state index contributed by atoms with van der Waals surface area (Å²) < 4.78 is 30.4. The van der Waals surface area contributed by atoms with Crippen molar-refractivity contribution in [1.82, 2.24) is 9.78 Å². The van der Waals surface area contributed by atoms with Crippen LogP contribution in [0.3, 0.4) is 0 Å². The van der Waals surface area contributed by atoms with Crippen LogP contribution in [0, 0.1) is 11.6 Å². The Labute approximate surface area is 168 Å². The predicted octanol–water partition coefficient (Wildman–Crippen LogP) is 4.21. The molecule has 3 rings (SSSR count). The number of hydrogen-bond acceptors (Lipinski definition) is 3. The van der Waals surface area contributed by atoms with Crippen LogP contribution in [0.2, 0.25) is 0 Å². The fourth-order valence-electron chi connectivity index (χ4n) is 3.11. The summed E-state index contributed by atoms with van der Waals surface area (Å²) in [6.07, 6.45) is 1.68. The van der Waals surface area contributed by atoms with Crippen LogP contribution in [0.15, 0.2) is 36.5 Å². The van der Waals surface area contributed by atoms with Crippen molar-refractivity contribution >= 4 is 34.9 Å². The van der Waals surface area contributed by atoms with Gasteiger partial charge in [-0.2, -0.15) is 5.10 Å². The lowest BCUT2D eigenvalue weighted by atomic mass is 9.86. The van der Waals surface area contributed by atoms with Crippen LogP contribution < -0.4 is 11.1 Å². The second-order valence-electron chi connectivity index (χ2n) is 7.62. The molecular formula is C20H23ClF2N4O. The van der Waals surface area contributed by atoms with Gasteiger partial charge < -0.3 is 11.1 Å². The lowest BCUT2D eigenvalue weighted by Crippen LogP contribution is -2.28. The van der Waals surface area contributed by atoms with Crippen molar-refractivity contribution in [1.29, 1.82) is 0 Å². The maximum Gasteiger partial charge on any atom is 0.245 e. The van der Waals surface area contributed by atoms with E-state index in [0.29, 0.717) is 5.56 Å². The molecule has 0 aliphatic heterocycles. The molecule has 0 unspecified atom stereocenters. The van der Waals surface area contributed by atoms with Crippen LogP contribution in [-0.2, 0) is 17.3 Å². The molecule has 0 aliphatic rings. The average Bonchev–Trinajstić information content (AvgIpc) is 2.92. The Bertz CT molecular complexity index is 1000. The molecule has 1 amide bonds. The van der Waals surface area contributed by atoms with Crippen LogP contribution in [0.1, 0.15) is 37.9 Å². The maximum atomic E-state index is 14.3. The highest BCUT2D eigenvalue weighted by Crippen LogP contribution is 2.30. The molecule has 8 heteroatoms. The van der Waals surface area contributed by atoms with Gasteiger partial charge in [-0.15, -0.1) is 12.4 Å². The zero-order valence-electron chi connectivity index (χ0n) is 16.1. The first-order valence-electron chi connectivity index (χ1n) is 8.55. The molecule has 28 heavy (non-hydrogen) atoms. The zero-order valence-corrected chi connectivity index (χ0v) is 16.9. The third-order valence-electron chi connectivity index (χ3n) is 4.47. The van der Waals surface area contributed by atoms with Gasteiger partial charge in [0.1, 0.15) is 17.7 Å². The van der Waals surface area contributed by atoms with Gasteiger partial charge in [0, 0.05) is 23.7 Å². The van der Waals surface area contributed by atoms with E-state index in [-0.39, 0.29) is 23.7 Å².